The fraction of sp³-hybridized carbons (Fsp3) is 0.261. The molecule has 8 heteroatoms. The van der Waals surface area contributed by atoms with Crippen molar-refractivity contribution in [1.82, 2.24) is 10.3 Å². The molecule has 2 aromatic heterocycles. The number of carbonyl (C=O) groups is 1. The van der Waals surface area contributed by atoms with Gasteiger partial charge in [0.1, 0.15) is 0 Å². The van der Waals surface area contributed by atoms with E-state index in [-0.39, 0.29) is 23.9 Å². The monoisotopic (exact) mass is 514 g/mol. The second-order valence-electron chi connectivity index (χ2n) is 7.81. The maximum Gasteiger partial charge on any atom is 0.226 e. The molecule has 0 bridgehead atoms. The first-order chi connectivity index (χ1) is 14.8. The molecule has 1 aromatic carbocycles. The molecule has 1 aliphatic rings. The van der Waals surface area contributed by atoms with E-state index in [2.05, 4.69) is 54.0 Å². The summed E-state index contributed by atoms with van der Waals surface area (Å²) in [4.78, 5) is 20.0. The summed E-state index contributed by atoms with van der Waals surface area (Å²) in [7, 11) is 0. The topological polar surface area (TPSA) is 57.3 Å². The highest BCUT2D eigenvalue weighted by atomic mass is 79.9. The van der Waals surface area contributed by atoms with Gasteiger partial charge >= 0.3 is 0 Å². The number of nitrogens with zero attached hydrogens (tertiary/aromatic N) is 2. The summed E-state index contributed by atoms with van der Waals surface area (Å²) in [6.45, 7) is 5.77. The Balaban J connectivity index is 1.73. The number of thiocarbonyl (C=S) groups is 1. The Morgan fingerprint density at radius 3 is 2.71 bits per heavy atom. The zero-order valence-electron chi connectivity index (χ0n) is 17.4. The van der Waals surface area contributed by atoms with E-state index >= 15 is 0 Å². The Morgan fingerprint density at radius 1 is 1.29 bits per heavy atom. The number of hydrogen-bond donors (Lipinski definition) is 2. The average molecular weight is 516 g/mol. The van der Waals surface area contributed by atoms with Gasteiger partial charge in [-0.3, -0.25) is 9.78 Å². The fourth-order valence-electron chi connectivity index (χ4n) is 3.62. The minimum atomic E-state index is -0.0739. The molecule has 1 amide bonds. The van der Waals surface area contributed by atoms with E-state index in [4.69, 9.17) is 12.2 Å². The van der Waals surface area contributed by atoms with E-state index < -0.39 is 0 Å². The van der Waals surface area contributed by atoms with Crippen LogP contribution >= 0.6 is 39.5 Å². The number of aryl methyl sites for hydroxylation is 1. The molecule has 0 saturated carbocycles. The molecular weight excluding hydrogens is 492 g/mol. The number of rotatable bonds is 5. The molecule has 0 aliphatic carbocycles. The first-order valence-corrected chi connectivity index (χ1v) is 12.1. The van der Waals surface area contributed by atoms with Crippen molar-refractivity contribution in [3.8, 4) is 0 Å². The number of anilines is 2. The third-order valence-corrected chi connectivity index (χ3v) is 7.33. The van der Waals surface area contributed by atoms with Gasteiger partial charge in [0.15, 0.2) is 5.11 Å². The summed E-state index contributed by atoms with van der Waals surface area (Å²) in [5.74, 6) is -0.0686. The van der Waals surface area contributed by atoms with Gasteiger partial charge in [-0.15, -0.1) is 11.3 Å². The standard InChI is InChI=1S/C23H23BrN4OS2/c1-13(2)22(29)26-17-8-7-16(10-14(17)3)28-21(19-11-15(24)12-31-19)20(27-23(28)30)18-6-4-5-9-25-18/h4-13,20-21H,1-3H3,(H,26,29)(H,27,30)/t20-,21-/m0/s1. The highest BCUT2D eigenvalue weighted by Crippen LogP contribution is 2.44. The van der Waals surface area contributed by atoms with Crippen LogP contribution in [0.25, 0.3) is 0 Å². The third kappa shape index (κ3) is 4.51. The summed E-state index contributed by atoms with van der Waals surface area (Å²) in [6, 6.07) is 14.0. The van der Waals surface area contributed by atoms with Crippen LogP contribution in [0.5, 0.6) is 0 Å². The van der Waals surface area contributed by atoms with Crippen LogP contribution in [0.1, 0.15) is 42.1 Å². The molecule has 3 heterocycles. The highest BCUT2D eigenvalue weighted by Gasteiger charge is 2.41. The first-order valence-electron chi connectivity index (χ1n) is 10.0. The van der Waals surface area contributed by atoms with Crippen molar-refractivity contribution in [3.05, 3.63) is 74.6 Å². The van der Waals surface area contributed by atoms with Crippen molar-refractivity contribution in [3.63, 3.8) is 0 Å². The van der Waals surface area contributed by atoms with Crippen molar-refractivity contribution < 1.29 is 4.79 Å². The summed E-state index contributed by atoms with van der Waals surface area (Å²) >= 11 is 11.1. The number of carbonyl (C=O) groups excluding carboxylic acids is 1. The Kier molecular flexibility index (Phi) is 6.41. The average Bonchev–Trinajstić information content (AvgIpc) is 3.32. The number of thiophene rings is 1. The van der Waals surface area contributed by atoms with E-state index in [9.17, 15) is 4.79 Å². The van der Waals surface area contributed by atoms with Crippen LogP contribution in [0.4, 0.5) is 11.4 Å². The lowest BCUT2D eigenvalue weighted by molar-refractivity contribution is -0.118. The van der Waals surface area contributed by atoms with Gasteiger partial charge in [0.2, 0.25) is 5.91 Å². The van der Waals surface area contributed by atoms with Crippen LogP contribution < -0.4 is 15.5 Å². The van der Waals surface area contributed by atoms with Gasteiger partial charge in [0, 0.05) is 38.2 Å². The molecule has 1 saturated heterocycles. The molecule has 2 N–H and O–H groups in total. The number of aromatic nitrogens is 1. The molecule has 31 heavy (non-hydrogen) atoms. The van der Waals surface area contributed by atoms with Crippen LogP contribution in [0, 0.1) is 12.8 Å². The number of nitrogens with one attached hydrogen (secondary N) is 2. The molecule has 0 spiro atoms. The van der Waals surface area contributed by atoms with Crippen LogP contribution in [0.2, 0.25) is 0 Å². The quantitative estimate of drug-likeness (QED) is 0.409. The van der Waals surface area contributed by atoms with Gasteiger partial charge in [-0.2, -0.15) is 0 Å². The summed E-state index contributed by atoms with van der Waals surface area (Å²) < 4.78 is 1.05. The largest absolute Gasteiger partial charge is 0.351 e. The highest BCUT2D eigenvalue weighted by molar-refractivity contribution is 9.10. The second kappa shape index (κ2) is 9.06. The minimum absolute atomic E-state index is 0.00531. The second-order valence-corrected chi connectivity index (χ2v) is 10.1. The van der Waals surface area contributed by atoms with Crippen LogP contribution in [-0.4, -0.2) is 16.0 Å². The van der Waals surface area contributed by atoms with Crippen molar-refractivity contribution in [2.24, 2.45) is 5.92 Å². The van der Waals surface area contributed by atoms with Crippen molar-refractivity contribution in [2.45, 2.75) is 32.9 Å². The number of hydrogen-bond acceptors (Lipinski definition) is 4. The zero-order valence-corrected chi connectivity index (χ0v) is 20.6. The van der Waals surface area contributed by atoms with E-state index in [0.717, 1.165) is 27.1 Å². The van der Waals surface area contributed by atoms with Gasteiger partial charge in [-0.05, 0) is 77.0 Å². The Morgan fingerprint density at radius 2 is 2.10 bits per heavy atom. The summed E-state index contributed by atoms with van der Waals surface area (Å²) in [5.41, 5.74) is 3.73. The Bertz CT molecular complexity index is 1120. The molecule has 1 fully saturated rings. The predicted octanol–water partition coefficient (Wildman–Crippen LogP) is 5.99. The molecule has 5 nitrogen and oxygen atoms in total. The summed E-state index contributed by atoms with van der Waals surface area (Å²) in [5, 5.41) is 9.21. The summed E-state index contributed by atoms with van der Waals surface area (Å²) in [6.07, 6.45) is 1.81. The normalized spacial score (nSPS) is 18.4. The molecular formula is C23H23BrN4OS2. The lowest BCUT2D eigenvalue weighted by atomic mass is 10.0. The minimum Gasteiger partial charge on any atom is -0.351 e. The molecule has 0 radical (unpaired) electrons. The molecule has 1 aliphatic heterocycles. The smallest absolute Gasteiger partial charge is 0.226 e. The number of benzene rings is 1. The van der Waals surface area contributed by atoms with Gasteiger partial charge in [-0.25, -0.2) is 0 Å². The van der Waals surface area contributed by atoms with Gasteiger partial charge in [-0.1, -0.05) is 19.9 Å². The lowest BCUT2D eigenvalue weighted by Gasteiger charge is -2.27. The molecule has 3 aromatic rings. The van der Waals surface area contributed by atoms with Crippen LogP contribution in [0.15, 0.2) is 58.5 Å². The van der Waals surface area contributed by atoms with Gasteiger partial charge in [0.05, 0.1) is 17.8 Å². The first kappa shape index (κ1) is 21.9. The number of pyridine rings is 1. The van der Waals surface area contributed by atoms with Crippen LogP contribution in [-0.2, 0) is 4.79 Å². The fourth-order valence-corrected chi connectivity index (χ4v) is 5.54. The zero-order chi connectivity index (χ0) is 22.1. The van der Waals surface area contributed by atoms with Crippen LogP contribution in [0.3, 0.4) is 0 Å². The molecule has 4 rings (SSSR count). The Labute approximate surface area is 200 Å². The van der Waals surface area contributed by atoms with Crippen molar-refractivity contribution in [1.29, 1.82) is 0 Å². The molecule has 160 valence electrons. The van der Waals surface area contributed by atoms with Crippen molar-refractivity contribution >= 4 is 61.9 Å². The molecule has 0 unspecified atom stereocenters. The van der Waals surface area contributed by atoms with E-state index in [0.29, 0.717) is 5.11 Å². The maximum absolute atomic E-state index is 12.1. The van der Waals surface area contributed by atoms with E-state index in [1.54, 1.807) is 17.5 Å². The number of amides is 1. The SMILES string of the molecule is Cc1cc(N2C(=S)N[C@@H](c3ccccn3)[C@@H]2c2cc(Br)cs2)ccc1NC(=O)C(C)C. The van der Waals surface area contributed by atoms with Gasteiger partial charge < -0.3 is 15.5 Å². The van der Waals surface area contributed by atoms with E-state index in [1.807, 2.05) is 51.1 Å². The third-order valence-electron chi connectivity index (χ3n) is 5.25. The Hall–Kier alpha value is -2.29. The lowest BCUT2D eigenvalue weighted by Crippen LogP contribution is -2.29. The predicted molar refractivity (Wildman–Crippen MR) is 135 cm³/mol. The van der Waals surface area contributed by atoms with Crippen molar-refractivity contribution in [2.75, 3.05) is 10.2 Å². The number of halogens is 1. The van der Waals surface area contributed by atoms with Gasteiger partial charge in [0.25, 0.3) is 0 Å². The maximum atomic E-state index is 12.1. The molecule has 2 atom stereocenters. The van der Waals surface area contributed by atoms with E-state index in [1.165, 1.54) is 4.88 Å².